The molecule has 1 unspecified atom stereocenters. The lowest BCUT2D eigenvalue weighted by Crippen LogP contribution is -2.28. The molecule has 1 aliphatic rings. The Kier molecular flexibility index (Phi) is 7.24. The van der Waals surface area contributed by atoms with Crippen molar-refractivity contribution < 1.29 is 19.1 Å². The summed E-state index contributed by atoms with van der Waals surface area (Å²) in [5.74, 6) is -0.676. The molecule has 1 aromatic heterocycles. The minimum atomic E-state index is -0.264. The molecule has 1 atom stereocenters. The number of H-pyrrole nitrogens is 1. The van der Waals surface area contributed by atoms with Crippen LogP contribution in [0.3, 0.4) is 0 Å². The summed E-state index contributed by atoms with van der Waals surface area (Å²) in [5, 5.41) is 4.23. The van der Waals surface area contributed by atoms with Gasteiger partial charge in [-0.05, 0) is 23.6 Å². The molecule has 0 radical (unpaired) electrons. The molecule has 7 heteroatoms. The van der Waals surface area contributed by atoms with E-state index >= 15 is 0 Å². The predicted molar refractivity (Wildman–Crippen MR) is 101 cm³/mol. The maximum atomic E-state index is 12.1. The fourth-order valence-corrected chi connectivity index (χ4v) is 2.99. The average molecular weight is 379 g/mol. The minimum absolute atomic E-state index is 0. The number of aromatic amines is 1. The van der Waals surface area contributed by atoms with E-state index < -0.39 is 0 Å². The van der Waals surface area contributed by atoms with E-state index in [0.717, 1.165) is 22.0 Å². The fourth-order valence-electron chi connectivity index (χ4n) is 2.99. The number of methoxy groups -OCH3 is 1. The van der Waals surface area contributed by atoms with Crippen molar-refractivity contribution in [3.8, 4) is 0 Å². The molecule has 0 spiro atoms. The number of carbonyl (C=O) groups is 2. The lowest BCUT2D eigenvalue weighted by atomic mass is 10.1. The number of ether oxygens (including phenoxy) is 2. The van der Waals surface area contributed by atoms with Crippen molar-refractivity contribution in [2.45, 2.75) is 12.8 Å². The summed E-state index contributed by atoms with van der Waals surface area (Å²) < 4.78 is 10.2. The molecule has 2 aromatic rings. The third-order valence-electron chi connectivity index (χ3n) is 4.40. The quantitative estimate of drug-likeness (QED) is 0.616. The maximum Gasteiger partial charge on any atom is 0.310 e. The summed E-state index contributed by atoms with van der Waals surface area (Å²) in [4.78, 5) is 26.9. The topological polar surface area (TPSA) is 80.4 Å². The third-order valence-corrected chi connectivity index (χ3v) is 4.40. The third kappa shape index (κ3) is 4.86. The minimum Gasteiger partial charge on any atom is -0.469 e. The van der Waals surface area contributed by atoms with E-state index in [1.54, 1.807) is 0 Å². The molecule has 1 aromatic carbocycles. The van der Waals surface area contributed by atoms with Crippen LogP contribution in [0.25, 0.3) is 10.9 Å². The van der Waals surface area contributed by atoms with Gasteiger partial charge in [-0.2, -0.15) is 0 Å². The molecule has 3 rings (SSSR count). The number of carbonyl (C=O) groups excluding carboxylic acids is 2. The number of aromatic nitrogens is 1. The van der Waals surface area contributed by atoms with Gasteiger partial charge in [-0.3, -0.25) is 9.59 Å². The Morgan fingerprint density at radius 2 is 2.08 bits per heavy atom. The van der Waals surface area contributed by atoms with E-state index in [0.29, 0.717) is 19.5 Å². The van der Waals surface area contributed by atoms with E-state index in [9.17, 15) is 9.59 Å². The Labute approximate surface area is 158 Å². The normalized spacial score (nSPS) is 17.0. The Balaban J connectivity index is 0.00000243. The number of hydrogen-bond donors (Lipinski definition) is 2. The highest BCUT2D eigenvalue weighted by molar-refractivity contribution is 5.87. The van der Waals surface area contributed by atoms with Crippen molar-refractivity contribution >= 4 is 35.2 Å². The highest BCUT2D eigenvalue weighted by atomic mass is 35.5. The molecular formula is C19H23ClN2O4. The van der Waals surface area contributed by atoms with E-state index in [1.165, 1.54) is 7.11 Å². The van der Waals surface area contributed by atoms with Gasteiger partial charge in [0.1, 0.15) is 6.61 Å². The summed E-state index contributed by atoms with van der Waals surface area (Å²) in [6, 6.07) is 7.86. The SMILES string of the molecule is COC(=O)C1CC=C(COC(=O)Cc2c[nH]c3ccccc23)CNC1.Cl. The first-order valence-electron chi connectivity index (χ1n) is 8.34. The van der Waals surface area contributed by atoms with Crippen LogP contribution in [0.15, 0.2) is 42.1 Å². The Morgan fingerprint density at radius 3 is 2.88 bits per heavy atom. The van der Waals surface area contributed by atoms with Gasteiger partial charge in [-0.1, -0.05) is 24.3 Å². The van der Waals surface area contributed by atoms with E-state index in [1.807, 2.05) is 36.5 Å². The number of para-hydroxylation sites is 1. The fraction of sp³-hybridized carbons (Fsp3) is 0.368. The average Bonchev–Trinajstić information content (AvgIpc) is 2.88. The Morgan fingerprint density at radius 1 is 1.27 bits per heavy atom. The summed E-state index contributed by atoms with van der Waals surface area (Å²) in [6.07, 6.45) is 4.63. The first kappa shape index (κ1) is 20.0. The second-order valence-electron chi connectivity index (χ2n) is 6.15. The van der Waals surface area contributed by atoms with Crippen molar-refractivity contribution in [1.29, 1.82) is 0 Å². The van der Waals surface area contributed by atoms with E-state index in [2.05, 4.69) is 10.3 Å². The molecule has 2 heterocycles. The number of benzene rings is 1. The van der Waals surface area contributed by atoms with Gasteiger partial charge in [0.25, 0.3) is 0 Å². The zero-order valence-electron chi connectivity index (χ0n) is 14.6. The van der Waals surface area contributed by atoms with Crippen LogP contribution in [0.2, 0.25) is 0 Å². The van der Waals surface area contributed by atoms with Crippen LogP contribution in [-0.2, 0) is 25.5 Å². The number of halogens is 1. The number of hydrogen-bond acceptors (Lipinski definition) is 5. The summed E-state index contributed by atoms with van der Waals surface area (Å²) in [7, 11) is 1.39. The van der Waals surface area contributed by atoms with Crippen molar-refractivity contribution in [1.82, 2.24) is 10.3 Å². The van der Waals surface area contributed by atoms with Crippen LogP contribution in [0, 0.1) is 5.92 Å². The number of nitrogens with one attached hydrogen (secondary N) is 2. The van der Waals surface area contributed by atoms with Crippen LogP contribution in [0.5, 0.6) is 0 Å². The van der Waals surface area contributed by atoms with Gasteiger partial charge in [0, 0.05) is 30.2 Å². The van der Waals surface area contributed by atoms with Crippen molar-refractivity contribution in [3.05, 3.63) is 47.7 Å². The van der Waals surface area contributed by atoms with Crippen LogP contribution in [0.4, 0.5) is 0 Å². The smallest absolute Gasteiger partial charge is 0.310 e. The summed E-state index contributed by atoms with van der Waals surface area (Å²) in [6.45, 7) is 1.41. The molecule has 1 aliphatic heterocycles. The van der Waals surface area contributed by atoms with Gasteiger partial charge in [0.2, 0.25) is 0 Å². The molecule has 0 amide bonds. The predicted octanol–water partition coefficient (Wildman–Crippen LogP) is 2.38. The summed E-state index contributed by atoms with van der Waals surface area (Å²) >= 11 is 0. The highest BCUT2D eigenvalue weighted by Crippen LogP contribution is 2.18. The Bertz CT molecular complexity index is 800. The highest BCUT2D eigenvalue weighted by Gasteiger charge is 2.20. The largest absolute Gasteiger partial charge is 0.469 e. The molecule has 6 nitrogen and oxygen atoms in total. The number of esters is 2. The van der Waals surface area contributed by atoms with Crippen molar-refractivity contribution in [2.75, 3.05) is 26.8 Å². The first-order valence-corrected chi connectivity index (χ1v) is 8.34. The van der Waals surface area contributed by atoms with Crippen LogP contribution in [-0.4, -0.2) is 43.7 Å². The molecule has 0 bridgehead atoms. The van der Waals surface area contributed by atoms with Crippen LogP contribution in [0.1, 0.15) is 12.0 Å². The Hall–Kier alpha value is -2.31. The molecule has 0 fully saturated rings. The standard InChI is InChI=1S/C19H22N2O4.ClH/c1-24-19(23)14-7-6-13(9-20-10-14)12-25-18(22)8-15-11-21-17-5-3-2-4-16(15)17;/h2-6,11,14,20-21H,7-10,12H2,1H3;1H. The second kappa shape index (κ2) is 9.40. The lowest BCUT2D eigenvalue weighted by Gasteiger charge is -2.10. The number of allylic oxidation sites excluding steroid dienone is 1. The zero-order valence-corrected chi connectivity index (χ0v) is 15.4. The summed E-state index contributed by atoms with van der Waals surface area (Å²) in [5.41, 5.74) is 2.91. The van der Waals surface area contributed by atoms with Crippen molar-refractivity contribution in [2.24, 2.45) is 5.92 Å². The molecule has 26 heavy (non-hydrogen) atoms. The number of rotatable bonds is 5. The van der Waals surface area contributed by atoms with Gasteiger partial charge in [-0.25, -0.2) is 0 Å². The monoisotopic (exact) mass is 378 g/mol. The van der Waals surface area contributed by atoms with Gasteiger partial charge in [-0.15, -0.1) is 12.4 Å². The molecule has 2 N–H and O–H groups in total. The van der Waals surface area contributed by atoms with Crippen LogP contribution >= 0.6 is 12.4 Å². The van der Waals surface area contributed by atoms with E-state index in [-0.39, 0.29) is 43.3 Å². The lowest BCUT2D eigenvalue weighted by molar-refractivity contribution is -0.145. The van der Waals surface area contributed by atoms with Gasteiger partial charge in [0.15, 0.2) is 0 Å². The number of fused-ring (bicyclic) bond motifs is 1. The van der Waals surface area contributed by atoms with Crippen molar-refractivity contribution in [3.63, 3.8) is 0 Å². The maximum absolute atomic E-state index is 12.1. The first-order chi connectivity index (χ1) is 12.2. The van der Waals surface area contributed by atoms with E-state index in [4.69, 9.17) is 9.47 Å². The van der Waals surface area contributed by atoms with Gasteiger partial charge in [0.05, 0.1) is 19.4 Å². The molecule has 140 valence electrons. The molecule has 0 aliphatic carbocycles. The zero-order chi connectivity index (χ0) is 17.6. The molecular weight excluding hydrogens is 356 g/mol. The molecule has 0 saturated heterocycles. The molecule has 0 saturated carbocycles. The van der Waals surface area contributed by atoms with Gasteiger partial charge < -0.3 is 19.8 Å². The second-order valence-corrected chi connectivity index (χ2v) is 6.15. The van der Waals surface area contributed by atoms with Crippen LogP contribution < -0.4 is 5.32 Å². The van der Waals surface area contributed by atoms with Gasteiger partial charge >= 0.3 is 11.9 Å².